The molecule has 1 saturated carbocycles. The van der Waals surface area contributed by atoms with Crippen molar-refractivity contribution in [2.45, 2.75) is 58.2 Å². The highest BCUT2D eigenvalue weighted by atomic mass is 16.5. The molecule has 2 atom stereocenters. The first-order chi connectivity index (χ1) is 10.2. The van der Waals surface area contributed by atoms with Crippen LogP contribution in [0.15, 0.2) is 6.07 Å². The van der Waals surface area contributed by atoms with Crippen molar-refractivity contribution in [1.29, 1.82) is 0 Å². The Hall–Kier alpha value is -1.20. The molecule has 118 valence electrons. The molecule has 1 fully saturated rings. The van der Waals surface area contributed by atoms with Crippen molar-refractivity contribution in [1.82, 2.24) is 9.97 Å². The maximum Gasteiger partial charge on any atom is 0.156 e. The maximum absolute atomic E-state index is 9.96. The van der Waals surface area contributed by atoms with E-state index < -0.39 is 0 Å². The number of hydrogen-bond acceptors (Lipinski definition) is 5. The second-order valence-corrected chi connectivity index (χ2v) is 5.92. The van der Waals surface area contributed by atoms with E-state index in [2.05, 4.69) is 15.3 Å². The molecular weight excluding hydrogens is 266 g/mol. The van der Waals surface area contributed by atoms with Gasteiger partial charge in [-0.3, -0.25) is 0 Å². The van der Waals surface area contributed by atoms with Crippen LogP contribution < -0.4 is 5.32 Å². The van der Waals surface area contributed by atoms with Crippen molar-refractivity contribution in [3.05, 3.63) is 17.6 Å². The van der Waals surface area contributed by atoms with Crippen LogP contribution in [-0.2, 0) is 11.3 Å². The molecule has 0 radical (unpaired) electrons. The smallest absolute Gasteiger partial charge is 0.156 e. The van der Waals surface area contributed by atoms with Crippen molar-refractivity contribution < 1.29 is 9.84 Å². The normalized spacial score (nSPS) is 22.2. The number of rotatable bonds is 7. The van der Waals surface area contributed by atoms with E-state index in [1.807, 2.05) is 13.0 Å². The molecular formula is C16H27N3O2. The van der Waals surface area contributed by atoms with E-state index in [0.29, 0.717) is 18.3 Å². The summed E-state index contributed by atoms with van der Waals surface area (Å²) in [5, 5.41) is 13.3. The van der Waals surface area contributed by atoms with E-state index in [0.717, 1.165) is 37.3 Å². The number of aryl methyl sites for hydroxylation is 1. The number of aliphatic hydroxyl groups excluding tert-OH is 1. The van der Waals surface area contributed by atoms with Gasteiger partial charge in [0.2, 0.25) is 0 Å². The molecule has 1 aliphatic carbocycles. The Balaban J connectivity index is 1.75. The largest absolute Gasteiger partial charge is 0.393 e. The Kier molecular flexibility index (Phi) is 6.39. The third-order valence-electron chi connectivity index (χ3n) is 4.10. The van der Waals surface area contributed by atoms with Crippen LogP contribution in [0.3, 0.4) is 0 Å². The van der Waals surface area contributed by atoms with E-state index in [9.17, 15) is 5.11 Å². The lowest BCUT2D eigenvalue weighted by atomic mass is 9.83. The minimum Gasteiger partial charge on any atom is -0.393 e. The molecule has 2 unspecified atom stereocenters. The van der Waals surface area contributed by atoms with Crippen molar-refractivity contribution in [3.8, 4) is 0 Å². The summed E-state index contributed by atoms with van der Waals surface area (Å²) in [6, 6.07) is 1.95. The monoisotopic (exact) mass is 293 g/mol. The van der Waals surface area contributed by atoms with E-state index in [1.54, 1.807) is 7.11 Å². The number of nitrogens with zero attached hydrogens (tertiary/aromatic N) is 2. The van der Waals surface area contributed by atoms with E-state index in [-0.39, 0.29) is 6.10 Å². The topological polar surface area (TPSA) is 67.3 Å². The number of nitrogens with one attached hydrogen (secondary N) is 1. The number of hydrogen-bond donors (Lipinski definition) is 2. The van der Waals surface area contributed by atoms with Gasteiger partial charge in [0.05, 0.1) is 6.10 Å². The van der Waals surface area contributed by atoms with Crippen LogP contribution in [0.1, 0.15) is 50.0 Å². The lowest BCUT2D eigenvalue weighted by Crippen LogP contribution is -2.24. The standard InChI is InChI=1S/C16H27N3O2/c1-12-10-15(19-16(18-12)11-21-2)17-9-5-7-13-6-3-4-8-14(13)20/h10,13-14,20H,3-9,11H2,1-2H3,(H,17,18,19). The Morgan fingerprint density at radius 1 is 1.33 bits per heavy atom. The summed E-state index contributed by atoms with van der Waals surface area (Å²) in [6.45, 7) is 3.28. The fourth-order valence-electron chi connectivity index (χ4n) is 3.02. The zero-order chi connectivity index (χ0) is 15.1. The van der Waals surface area contributed by atoms with Crippen molar-refractivity contribution >= 4 is 5.82 Å². The third kappa shape index (κ3) is 5.25. The molecule has 2 rings (SSSR count). The Labute approximate surface area is 127 Å². The molecule has 5 heteroatoms. The number of anilines is 1. The quantitative estimate of drug-likeness (QED) is 0.757. The average molecular weight is 293 g/mol. The van der Waals surface area contributed by atoms with Gasteiger partial charge in [0.1, 0.15) is 12.4 Å². The van der Waals surface area contributed by atoms with Crippen LogP contribution in [0.5, 0.6) is 0 Å². The summed E-state index contributed by atoms with van der Waals surface area (Å²) in [5.41, 5.74) is 0.947. The third-order valence-corrected chi connectivity index (χ3v) is 4.10. The van der Waals surface area contributed by atoms with Gasteiger partial charge in [-0.25, -0.2) is 9.97 Å². The van der Waals surface area contributed by atoms with Crippen molar-refractivity contribution in [3.63, 3.8) is 0 Å². The van der Waals surface area contributed by atoms with Crippen molar-refractivity contribution in [2.24, 2.45) is 5.92 Å². The zero-order valence-electron chi connectivity index (χ0n) is 13.1. The summed E-state index contributed by atoms with van der Waals surface area (Å²) in [7, 11) is 1.65. The Morgan fingerprint density at radius 2 is 2.14 bits per heavy atom. The van der Waals surface area contributed by atoms with Crippen LogP contribution in [0.25, 0.3) is 0 Å². The zero-order valence-corrected chi connectivity index (χ0v) is 13.1. The van der Waals surface area contributed by atoms with Crippen molar-refractivity contribution in [2.75, 3.05) is 19.0 Å². The minimum absolute atomic E-state index is 0.0895. The summed E-state index contributed by atoms with van der Waals surface area (Å²) in [5.74, 6) is 2.05. The highest BCUT2D eigenvalue weighted by Gasteiger charge is 2.22. The highest BCUT2D eigenvalue weighted by molar-refractivity contribution is 5.35. The Bertz CT molecular complexity index is 440. The molecule has 1 aromatic heterocycles. The van der Waals surface area contributed by atoms with Gasteiger partial charge in [0, 0.05) is 25.4 Å². The molecule has 2 N–H and O–H groups in total. The van der Waals surface area contributed by atoms with Gasteiger partial charge in [-0.15, -0.1) is 0 Å². The maximum atomic E-state index is 9.96. The number of aromatic nitrogens is 2. The second kappa shape index (κ2) is 8.29. The van der Waals surface area contributed by atoms with E-state index in [1.165, 1.54) is 19.3 Å². The number of methoxy groups -OCH3 is 1. The lowest BCUT2D eigenvalue weighted by Gasteiger charge is -2.27. The number of ether oxygens (including phenoxy) is 1. The van der Waals surface area contributed by atoms with E-state index >= 15 is 0 Å². The summed E-state index contributed by atoms with van der Waals surface area (Å²) in [6.07, 6.45) is 6.65. The molecule has 0 bridgehead atoms. The van der Waals surface area contributed by atoms with Crippen LogP contribution in [0.4, 0.5) is 5.82 Å². The molecule has 5 nitrogen and oxygen atoms in total. The van der Waals surface area contributed by atoms with Gasteiger partial charge in [-0.2, -0.15) is 0 Å². The van der Waals surface area contributed by atoms with Crippen LogP contribution in [0.2, 0.25) is 0 Å². The highest BCUT2D eigenvalue weighted by Crippen LogP contribution is 2.27. The first-order valence-electron chi connectivity index (χ1n) is 7.94. The Morgan fingerprint density at radius 3 is 2.90 bits per heavy atom. The fraction of sp³-hybridized carbons (Fsp3) is 0.750. The van der Waals surface area contributed by atoms with Gasteiger partial charge in [0.15, 0.2) is 5.82 Å². The van der Waals surface area contributed by atoms with Crippen LogP contribution in [-0.4, -0.2) is 34.8 Å². The van der Waals surface area contributed by atoms with Crippen LogP contribution in [0, 0.1) is 12.8 Å². The fourth-order valence-corrected chi connectivity index (χ4v) is 3.02. The van der Waals surface area contributed by atoms with Gasteiger partial charge >= 0.3 is 0 Å². The number of aliphatic hydroxyl groups is 1. The van der Waals surface area contributed by atoms with Gasteiger partial charge in [-0.1, -0.05) is 12.8 Å². The molecule has 0 aliphatic heterocycles. The van der Waals surface area contributed by atoms with Gasteiger partial charge in [0.25, 0.3) is 0 Å². The summed E-state index contributed by atoms with van der Waals surface area (Å²) >= 11 is 0. The molecule has 21 heavy (non-hydrogen) atoms. The minimum atomic E-state index is -0.0895. The average Bonchev–Trinajstić information content (AvgIpc) is 2.45. The molecule has 1 heterocycles. The second-order valence-electron chi connectivity index (χ2n) is 5.92. The summed E-state index contributed by atoms with van der Waals surface area (Å²) < 4.78 is 5.07. The van der Waals surface area contributed by atoms with Gasteiger partial charge in [-0.05, 0) is 38.5 Å². The molecule has 0 amide bonds. The van der Waals surface area contributed by atoms with Gasteiger partial charge < -0.3 is 15.2 Å². The van der Waals surface area contributed by atoms with E-state index in [4.69, 9.17) is 4.74 Å². The molecule has 1 aliphatic rings. The molecule has 0 saturated heterocycles. The molecule has 1 aromatic rings. The lowest BCUT2D eigenvalue weighted by molar-refractivity contribution is 0.0648. The summed E-state index contributed by atoms with van der Waals surface area (Å²) in [4.78, 5) is 8.75. The first kappa shape index (κ1) is 16.2. The SMILES string of the molecule is COCc1nc(C)cc(NCCCC2CCCCC2O)n1. The first-order valence-corrected chi connectivity index (χ1v) is 7.94. The molecule has 0 aromatic carbocycles. The van der Waals surface area contributed by atoms with Crippen LogP contribution >= 0.6 is 0 Å². The predicted molar refractivity (Wildman–Crippen MR) is 83.2 cm³/mol. The molecule has 0 spiro atoms. The predicted octanol–water partition coefficient (Wildman–Crippen LogP) is 2.67.